The van der Waals surface area contributed by atoms with Crippen LogP contribution in [0.1, 0.15) is 26.7 Å². The van der Waals surface area contributed by atoms with Crippen LogP contribution in [0.4, 0.5) is 0 Å². The third-order valence-corrected chi connectivity index (χ3v) is 4.03. The second-order valence-electron chi connectivity index (χ2n) is 5.53. The van der Waals surface area contributed by atoms with E-state index in [0.29, 0.717) is 11.6 Å². The van der Waals surface area contributed by atoms with Gasteiger partial charge in [-0.05, 0) is 37.1 Å². The molecule has 3 nitrogen and oxygen atoms in total. The quantitative estimate of drug-likeness (QED) is 0.650. The summed E-state index contributed by atoms with van der Waals surface area (Å²) in [5.41, 5.74) is 6.56. The second kappa shape index (κ2) is 6.18. The fourth-order valence-electron chi connectivity index (χ4n) is 2.02. The summed E-state index contributed by atoms with van der Waals surface area (Å²) in [4.78, 5) is 4.88. The molecule has 2 aromatic rings. The Morgan fingerprint density at radius 2 is 2.10 bits per heavy atom. The summed E-state index contributed by atoms with van der Waals surface area (Å²) in [7, 11) is 0. The Bertz CT molecular complexity index is 605. The van der Waals surface area contributed by atoms with Gasteiger partial charge in [-0.1, -0.05) is 32.1 Å². The van der Waals surface area contributed by atoms with Gasteiger partial charge in [0.2, 0.25) is 0 Å². The van der Waals surface area contributed by atoms with Gasteiger partial charge in [0, 0.05) is 17.0 Å². The van der Waals surface area contributed by atoms with Crippen molar-refractivity contribution in [1.82, 2.24) is 4.98 Å². The lowest BCUT2D eigenvalue weighted by Crippen LogP contribution is -2.30. The maximum atomic E-state index is 5.87. The molecule has 1 aromatic carbocycles. The van der Waals surface area contributed by atoms with Crippen LogP contribution in [0.5, 0.6) is 5.75 Å². The highest BCUT2D eigenvalue weighted by Crippen LogP contribution is 2.25. The normalized spacial score (nSPS) is 11.5. The number of thiocarbonyl (C=S) groups is 1. The average Bonchev–Trinajstić information content (AvgIpc) is 2.43. The van der Waals surface area contributed by atoms with E-state index in [-0.39, 0.29) is 5.41 Å². The summed E-state index contributed by atoms with van der Waals surface area (Å²) in [5, 5.41) is 1.05. The van der Waals surface area contributed by atoms with Crippen molar-refractivity contribution >= 4 is 28.1 Å². The first-order chi connectivity index (χ1) is 9.50. The number of aromatic nitrogens is 1. The summed E-state index contributed by atoms with van der Waals surface area (Å²) < 4.78 is 5.87. The van der Waals surface area contributed by atoms with Crippen molar-refractivity contribution in [2.24, 2.45) is 11.1 Å². The zero-order chi connectivity index (χ0) is 14.6. The molecule has 0 amide bonds. The second-order valence-corrected chi connectivity index (χ2v) is 5.97. The number of rotatable bonds is 6. The van der Waals surface area contributed by atoms with E-state index in [1.165, 1.54) is 0 Å². The number of nitrogens with zero attached hydrogens (tertiary/aromatic N) is 1. The number of pyridine rings is 1. The van der Waals surface area contributed by atoms with Gasteiger partial charge in [0.1, 0.15) is 5.75 Å². The topological polar surface area (TPSA) is 48.1 Å². The van der Waals surface area contributed by atoms with Crippen molar-refractivity contribution in [1.29, 1.82) is 0 Å². The molecule has 0 spiro atoms. The first-order valence-corrected chi connectivity index (χ1v) is 7.18. The standard InChI is InChI=1S/C16H20N2OS/c1-16(2,15(17)20)9-5-11-19-14-8-3-7-13-12(14)6-4-10-18-13/h3-4,6-8,10H,5,9,11H2,1-2H3,(H2,17,20). The number of fused-ring (bicyclic) bond motifs is 1. The molecule has 2 rings (SSSR count). The molecule has 2 N–H and O–H groups in total. The van der Waals surface area contributed by atoms with E-state index in [4.69, 9.17) is 22.7 Å². The molecule has 106 valence electrons. The van der Waals surface area contributed by atoms with Crippen molar-refractivity contribution in [3.8, 4) is 5.75 Å². The summed E-state index contributed by atoms with van der Waals surface area (Å²) in [6.45, 7) is 4.79. The number of hydrogen-bond donors (Lipinski definition) is 1. The van der Waals surface area contributed by atoms with Crippen LogP contribution in [-0.2, 0) is 0 Å². The highest BCUT2D eigenvalue weighted by Gasteiger charge is 2.20. The van der Waals surface area contributed by atoms with Crippen LogP contribution in [0.3, 0.4) is 0 Å². The van der Waals surface area contributed by atoms with Crippen LogP contribution in [0.15, 0.2) is 36.5 Å². The Labute approximate surface area is 125 Å². The van der Waals surface area contributed by atoms with Crippen LogP contribution in [-0.4, -0.2) is 16.6 Å². The first-order valence-electron chi connectivity index (χ1n) is 6.77. The molecule has 0 aliphatic carbocycles. The molecule has 1 aromatic heterocycles. The van der Waals surface area contributed by atoms with Crippen molar-refractivity contribution in [2.45, 2.75) is 26.7 Å². The SMILES string of the molecule is CC(C)(CCCOc1cccc2ncccc12)C(N)=S. The molecule has 0 atom stereocenters. The van der Waals surface area contributed by atoms with Gasteiger partial charge >= 0.3 is 0 Å². The summed E-state index contributed by atoms with van der Waals surface area (Å²) in [6, 6.07) is 9.87. The molecular formula is C16H20N2OS. The lowest BCUT2D eigenvalue weighted by Gasteiger charge is -2.22. The fraction of sp³-hybridized carbons (Fsp3) is 0.375. The molecule has 0 aliphatic rings. The Hall–Kier alpha value is -1.68. The molecule has 20 heavy (non-hydrogen) atoms. The predicted octanol–water partition coefficient (Wildman–Crippen LogP) is 3.71. The van der Waals surface area contributed by atoms with Crippen LogP contribution < -0.4 is 10.5 Å². The molecule has 0 unspecified atom stereocenters. The maximum absolute atomic E-state index is 5.87. The highest BCUT2D eigenvalue weighted by molar-refractivity contribution is 7.80. The van der Waals surface area contributed by atoms with E-state index in [0.717, 1.165) is 29.5 Å². The monoisotopic (exact) mass is 288 g/mol. The Morgan fingerprint density at radius 1 is 1.30 bits per heavy atom. The van der Waals surface area contributed by atoms with Crippen molar-refractivity contribution in [3.63, 3.8) is 0 Å². The molecule has 0 radical (unpaired) electrons. The van der Waals surface area contributed by atoms with E-state index in [2.05, 4.69) is 18.8 Å². The number of ether oxygens (including phenoxy) is 1. The summed E-state index contributed by atoms with van der Waals surface area (Å²) in [6.07, 6.45) is 3.63. The molecule has 4 heteroatoms. The maximum Gasteiger partial charge on any atom is 0.128 e. The molecule has 1 heterocycles. The lowest BCUT2D eigenvalue weighted by atomic mass is 9.88. The van der Waals surface area contributed by atoms with Gasteiger partial charge in [-0.3, -0.25) is 4.98 Å². The van der Waals surface area contributed by atoms with E-state index in [1.807, 2.05) is 30.3 Å². The van der Waals surface area contributed by atoms with E-state index >= 15 is 0 Å². The molecule has 0 fully saturated rings. The first kappa shape index (κ1) is 14.7. The minimum absolute atomic E-state index is 0.112. The minimum atomic E-state index is -0.112. The van der Waals surface area contributed by atoms with Crippen LogP contribution in [0.2, 0.25) is 0 Å². The van der Waals surface area contributed by atoms with Crippen molar-refractivity contribution < 1.29 is 4.74 Å². The fourth-order valence-corrected chi connectivity index (χ4v) is 2.12. The van der Waals surface area contributed by atoms with Gasteiger partial charge in [-0.15, -0.1) is 0 Å². The predicted molar refractivity (Wildman–Crippen MR) is 87.0 cm³/mol. The zero-order valence-corrected chi connectivity index (χ0v) is 12.7. The van der Waals surface area contributed by atoms with Crippen LogP contribution in [0, 0.1) is 5.41 Å². The number of nitrogens with two attached hydrogens (primary N) is 1. The summed E-state index contributed by atoms with van der Waals surface area (Å²) >= 11 is 5.07. The highest BCUT2D eigenvalue weighted by atomic mass is 32.1. The average molecular weight is 288 g/mol. The molecule has 0 saturated heterocycles. The van der Waals surface area contributed by atoms with Crippen molar-refractivity contribution in [2.75, 3.05) is 6.61 Å². The minimum Gasteiger partial charge on any atom is -0.493 e. The van der Waals surface area contributed by atoms with Gasteiger partial charge < -0.3 is 10.5 Å². The molecule has 0 saturated carbocycles. The van der Waals surface area contributed by atoms with E-state index in [1.54, 1.807) is 6.20 Å². The van der Waals surface area contributed by atoms with Crippen molar-refractivity contribution in [3.05, 3.63) is 36.5 Å². The van der Waals surface area contributed by atoms with Gasteiger partial charge in [0.05, 0.1) is 17.1 Å². The lowest BCUT2D eigenvalue weighted by molar-refractivity contribution is 0.290. The number of hydrogen-bond acceptors (Lipinski definition) is 3. The van der Waals surface area contributed by atoms with Gasteiger partial charge in [0.25, 0.3) is 0 Å². The number of benzene rings is 1. The molecule has 0 aliphatic heterocycles. The third kappa shape index (κ3) is 3.45. The Morgan fingerprint density at radius 3 is 2.85 bits per heavy atom. The van der Waals surface area contributed by atoms with Gasteiger partial charge in [-0.25, -0.2) is 0 Å². The molecular weight excluding hydrogens is 268 g/mol. The van der Waals surface area contributed by atoms with Crippen LogP contribution in [0.25, 0.3) is 10.9 Å². The van der Waals surface area contributed by atoms with Gasteiger partial charge in [0.15, 0.2) is 0 Å². The van der Waals surface area contributed by atoms with E-state index < -0.39 is 0 Å². The van der Waals surface area contributed by atoms with Gasteiger partial charge in [-0.2, -0.15) is 0 Å². The third-order valence-electron chi connectivity index (χ3n) is 3.48. The van der Waals surface area contributed by atoms with Crippen LogP contribution >= 0.6 is 12.2 Å². The molecule has 0 bridgehead atoms. The zero-order valence-electron chi connectivity index (χ0n) is 11.9. The Balaban J connectivity index is 1.95. The Kier molecular flexibility index (Phi) is 4.55. The van der Waals surface area contributed by atoms with E-state index in [9.17, 15) is 0 Å². The largest absolute Gasteiger partial charge is 0.493 e. The summed E-state index contributed by atoms with van der Waals surface area (Å²) in [5.74, 6) is 0.878. The smallest absolute Gasteiger partial charge is 0.128 e.